The number of benzene rings is 2. The summed E-state index contributed by atoms with van der Waals surface area (Å²) in [6.45, 7) is 5.81. The predicted molar refractivity (Wildman–Crippen MR) is 124 cm³/mol. The van der Waals surface area contributed by atoms with Gasteiger partial charge in [-0.15, -0.1) is 0 Å². The topological polar surface area (TPSA) is 84.3 Å². The molecule has 1 N–H and O–H groups in total. The molecule has 1 heterocycles. The fourth-order valence-electron chi connectivity index (χ4n) is 3.16. The van der Waals surface area contributed by atoms with Crippen LogP contribution in [0.5, 0.6) is 0 Å². The van der Waals surface area contributed by atoms with Gasteiger partial charge in [0.1, 0.15) is 0 Å². The molecule has 0 saturated carbocycles. The van der Waals surface area contributed by atoms with Gasteiger partial charge < -0.3 is 5.32 Å². The molecule has 2 aromatic carbocycles. The Morgan fingerprint density at radius 2 is 1.77 bits per heavy atom. The van der Waals surface area contributed by atoms with Gasteiger partial charge in [0.15, 0.2) is 5.16 Å². The summed E-state index contributed by atoms with van der Waals surface area (Å²) in [6, 6.07) is 11.1. The van der Waals surface area contributed by atoms with Crippen LogP contribution in [0.4, 0.5) is 5.69 Å². The van der Waals surface area contributed by atoms with E-state index < -0.39 is 10.0 Å². The van der Waals surface area contributed by atoms with Crippen LogP contribution in [0.3, 0.4) is 0 Å². The lowest BCUT2D eigenvalue weighted by molar-refractivity contribution is -0.113. The van der Waals surface area contributed by atoms with E-state index in [4.69, 9.17) is 0 Å². The number of amides is 1. The molecule has 0 radical (unpaired) electrons. The highest BCUT2D eigenvalue weighted by Gasteiger charge is 2.20. The second kappa shape index (κ2) is 9.25. The van der Waals surface area contributed by atoms with Crippen molar-refractivity contribution >= 4 is 33.4 Å². The van der Waals surface area contributed by atoms with E-state index in [0.717, 1.165) is 21.1 Å². The minimum atomic E-state index is -3.59. The molecule has 1 aromatic heterocycles. The molecule has 0 saturated heterocycles. The van der Waals surface area contributed by atoms with E-state index in [1.54, 1.807) is 25.3 Å². The number of aromatic nitrogens is 2. The smallest absolute Gasteiger partial charge is 0.242 e. The fraction of sp³-hybridized carbons (Fsp3) is 0.273. The molecule has 0 bridgehead atoms. The van der Waals surface area contributed by atoms with Gasteiger partial charge in [0, 0.05) is 37.9 Å². The zero-order chi connectivity index (χ0) is 22.8. The molecule has 1 amide bonds. The summed E-state index contributed by atoms with van der Waals surface area (Å²) in [7, 11) is -0.632. The minimum Gasteiger partial charge on any atom is -0.325 e. The Hall–Kier alpha value is -2.62. The number of hydrogen-bond donors (Lipinski definition) is 1. The van der Waals surface area contributed by atoms with Crippen molar-refractivity contribution in [1.82, 2.24) is 13.9 Å². The summed E-state index contributed by atoms with van der Waals surface area (Å²) >= 11 is 1.32. The first-order valence-electron chi connectivity index (χ1n) is 9.66. The SMILES string of the molecule is Cc1cc(C)cc(-n2ccnc2SCC(=O)Nc2ccc(C)c(S(=O)(=O)N(C)C)c2)c1. The lowest BCUT2D eigenvalue weighted by atomic mass is 10.1. The number of thioether (sulfide) groups is 1. The average Bonchev–Trinajstić information content (AvgIpc) is 3.15. The zero-order valence-corrected chi connectivity index (χ0v) is 19.8. The van der Waals surface area contributed by atoms with Crippen LogP contribution in [0.15, 0.2) is 58.8 Å². The molecule has 0 aliphatic heterocycles. The quantitative estimate of drug-likeness (QED) is 0.545. The number of carbonyl (C=O) groups is 1. The monoisotopic (exact) mass is 458 g/mol. The molecule has 0 fully saturated rings. The molecule has 9 heteroatoms. The number of nitrogens with one attached hydrogen (secondary N) is 1. The van der Waals surface area contributed by atoms with E-state index in [1.807, 2.05) is 24.6 Å². The van der Waals surface area contributed by atoms with Gasteiger partial charge >= 0.3 is 0 Å². The number of rotatable bonds is 7. The molecule has 0 unspecified atom stereocenters. The highest BCUT2D eigenvalue weighted by Crippen LogP contribution is 2.24. The highest BCUT2D eigenvalue weighted by atomic mass is 32.2. The molecule has 3 aromatic rings. The van der Waals surface area contributed by atoms with Crippen LogP contribution in [0.2, 0.25) is 0 Å². The van der Waals surface area contributed by atoms with Crippen molar-refractivity contribution in [3.8, 4) is 5.69 Å². The van der Waals surface area contributed by atoms with Gasteiger partial charge in [-0.25, -0.2) is 17.7 Å². The first-order valence-corrected chi connectivity index (χ1v) is 12.1. The summed E-state index contributed by atoms with van der Waals surface area (Å²) in [5, 5.41) is 3.49. The largest absolute Gasteiger partial charge is 0.325 e. The molecule has 3 rings (SSSR count). The van der Waals surface area contributed by atoms with E-state index in [9.17, 15) is 13.2 Å². The van der Waals surface area contributed by atoms with Crippen LogP contribution in [0.1, 0.15) is 16.7 Å². The molecule has 164 valence electrons. The van der Waals surface area contributed by atoms with Gasteiger partial charge in [0.2, 0.25) is 15.9 Å². The van der Waals surface area contributed by atoms with E-state index in [2.05, 4.69) is 28.5 Å². The Labute approximate surface area is 187 Å². The molecular formula is C22H26N4O3S2. The molecule has 0 spiro atoms. The fourth-order valence-corrected chi connectivity index (χ4v) is 5.08. The van der Waals surface area contributed by atoms with Crippen LogP contribution in [-0.2, 0) is 14.8 Å². The first-order chi connectivity index (χ1) is 14.6. The van der Waals surface area contributed by atoms with Gasteiger partial charge in [-0.1, -0.05) is 23.9 Å². The van der Waals surface area contributed by atoms with Crippen molar-refractivity contribution < 1.29 is 13.2 Å². The second-order valence-electron chi connectivity index (χ2n) is 7.53. The summed E-state index contributed by atoms with van der Waals surface area (Å²) in [6.07, 6.45) is 3.57. The minimum absolute atomic E-state index is 0.144. The Balaban J connectivity index is 1.72. The first kappa shape index (κ1) is 23.1. The van der Waals surface area contributed by atoms with Crippen molar-refractivity contribution in [2.24, 2.45) is 0 Å². The Bertz CT molecular complexity index is 1200. The third kappa shape index (κ3) is 5.36. The molecule has 0 aliphatic rings. The van der Waals surface area contributed by atoms with E-state index in [0.29, 0.717) is 16.4 Å². The van der Waals surface area contributed by atoms with E-state index >= 15 is 0 Å². The molecular weight excluding hydrogens is 432 g/mol. The lowest BCUT2D eigenvalue weighted by Gasteiger charge is -2.15. The normalized spacial score (nSPS) is 11.7. The van der Waals surface area contributed by atoms with E-state index in [-0.39, 0.29) is 16.6 Å². The Kier molecular flexibility index (Phi) is 6.88. The molecule has 0 aliphatic carbocycles. The number of imidazole rings is 1. The van der Waals surface area contributed by atoms with Crippen LogP contribution >= 0.6 is 11.8 Å². The maximum Gasteiger partial charge on any atom is 0.242 e. The number of aryl methyl sites for hydroxylation is 3. The molecule has 31 heavy (non-hydrogen) atoms. The van der Waals surface area contributed by atoms with Crippen molar-refractivity contribution in [3.63, 3.8) is 0 Å². The maximum absolute atomic E-state index is 12.5. The standard InChI is InChI=1S/C22H26N4O3S2/c1-15-10-16(2)12-19(11-15)26-9-8-23-22(26)30-14-21(27)24-18-7-6-17(3)20(13-18)31(28,29)25(4)5/h6-13H,14H2,1-5H3,(H,24,27). The third-order valence-corrected chi connectivity index (χ3v) is 7.58. The average molecular weight is 459 g/mol. The zero-order valence-electron chi connectivity index (χ0n) is 18.2. The van der Waals surface area contributed by atoms with Crippen LogP contribution in [0, 0.1) is 20.8 Å². The van der Waals surface area contributed by atoms with Crippen molar-refractivity contribution in [2.45, 2.75) is 30.8 Å². The Morgan fingerprint density at radius 3 is 2.42 bits per heavy atom. The van der Waals surface area contributed by atoms with Crippen LogP contribution in [0.25, 0.3) is 5.69 Å². The van der Waals surface area contributed by atoms with Gasteiger partial charge in [0.25, 0.3) is 0 Å². The second-order valence-corrected chi connectivity index (χ2v) is 10.6. The molecule has 0 atom stereocenters. The summed E-state index contributed by atoms with van der Waals surface area (Å²) in [4.78, 5) is 17.1. The lowest BCUT2D eigenvalue weighted by Crippen LogP contribution is -2.23. The Morgan fingerprint density at radius 1 is 1.10 bits per heavy atom. The van der Waals surface area contributed by atoms with Crippen LogP contribution in [-0.4, -0.2) is 48.0 Å². The maximum atomic E-state index is 12.5. The number of nitrogens with zero attached hydrogens (tertiary/aromatic N) is 3. The van der Waals surface area contributed by atoms with Gasteiger partial charge in [-0.05, 0) is 61.7 Å². The third-order valence-electron chi connectivity index (χ3n) is 4.65. The van der Waals surface area contributed by atoms with Gasteiger partial charge in [-0.3, -0.25) is 9.36 Å². The summed E-state index contributed by atoms with van der Waals surface area (Å²) in [5.74, 6) is -0.0946. The van der Waals surface area contributed by atoms with Gasteiger partial charge in [-0.2, -0.15) is 0 Å². The van der Waals surface area contributed by atoms with Crippen molar-refractivity contribution in [2.75, 3.05) is 25.2 Å². The van der Waals surface area contributed by atoms with Crippen LogP contribution < -0.4 is 5.32 Å². The predicted octanol–water partition coefficient (Wildman–Crippen LogP) is 3.78. The number of sulfonamides is 1. The number of anilines is 1. The van der Waals surface area contributed by atoms with E-state index in [1.165, 1.54) is 31.9 Å². The number of hydrogen-bond acceptors (Lipinski definition) is 5. The summed E-state index contributed by atoms with van der Waals surface area (Å²) in [5.41, 5.74) is 4.36. The molecule has 7 nitrogen and oxygen atoms in total. The number of carbonyl (C=O) groups excluding carboxylic acids is 1. The van der Waals surface area contributed by atoms with Crippen molar-refractivity contribution in [1.29, 1.82) is 0 Å². The summed E-state index contributed by atoms with van der Waals surface area (Å²) < 4.78 is 28.1. The van der Waals surface area contributed by atoms with Crippen molar-refractivity contribution in [3.05, 3.63) is 65.5 Å². The highest BCUT2D eigenvalue weighted by molar-refractivity contribution is 7.99. The van der Waals surface area contributed by atoms with Gasteiger partial charge in [0.05, 0.1) is 10.6 Å².